The van der Waals surface area contributed by atoms with Gasteiger partial charge in [0.05, 0.1) is 10.9 Å². The number of nitrogens with one attached hydrogen (secondary N) is 1. The number of benzene rings is 1. The number of rotatable bonds is 6. The monoisotopic (exact) mass is 342 g/mol. The summed E-state index contributed by atoms with van der Waals surface area (Å²) < 4.78 is 13.5. The van der Waals surface area contributed by atoms with Crippen molar-refractivity contribution in [3.05, 3.63) is 29.0 Å². The van der Waals surface area contributed by atoms with Crippen LogP contribution in [0.4, 0.5) is 10.1 Å². The van der Waals surface area contributed by atoms with Crippen molar-refractivity contribution < 1.29 is 19.1 Å². The van der Waals surface area contributed by atoms with E-state index in [9.17, 15) is 14.0 Å². The standard InChI is InChI=1S/C16H20ClFN2O3/c1-10(3-2-6-21)19-16(23)11-7-15(22)20(9-11)12-4-5-13(17)14(18)8-12/h4-5,8,10-11,21H,2-3,6-7,9H2,1H3,(H,19,23)/t10-,11+/m1/s1. The fourth-order valence-electron chi connectivity index (χ4n) is 2.62. The maximum atomic E-state index is 13.5. The second-order valence-electron chi connectivity index (χ2n) is 5.78. The van der Waals surface area contributed by atoms with E-state index in [1.165, 1.54) is 17.0 Å². The maximum absolute atomic E-state index is 13.5. The molecule has 2 atom stereocenters. The van der Waals surface area contributed by atoms with Crippen LogP contribution in [0.1, 0.15) is 26.2 Å². The lowest BCUT2D eigenvalue weighted by atomic mass is 10.1. The molecule has 0 bridgehead atoms. The summed E-state index contributed by atoms with van der Waals surface area (Å²) in [5, 5.41) is 11.6. The van der Waals surface area contributed by atoms with Gasteiger partial charge in [-0.2, -0.15) is 0 Å². The number of carbonyl (C=O) groups excluding carboxylic acids is 2. The second-order valence-corrected chi connectivity index (χ2v) is 6.19. The summed E-state index contributed by atoms with van der Waals surface area (Å²) in [6, 6.07) is 4.09. The smallest absolute Gasteiger partial charge is 0.227 e. The number of amides is 2. The molecule has 2 rings (SSSR count). The van der Waals surface area contributed by atoms with Gasteiger partial charge >= 0.3 is 0 Å². The Labute approximate surface area is 139 Å². The summed E-state index contributed by atoms with van der Waals surface area (Å²) in [5.41, 5.74) is 0.403. The van der Waals surface area contributed by atoms with Crippen molar-refractivity contribution in [2.45, 2.75) is 32.2 Å². The molecule has 0 spiro atoms. The lowest BCUT2D eigenvalue weighted by molar-refractivity contribution is -0.126. The summed E-state index contributed by atoms with van der Waals surface area (Å²) in [6.45, 7) is 2.16. The summed E-state index contributed by atoms with van der Waals surface area (Å²) >= 11 is 5.64. The first-order valence-electron chi connectivity index (χ1n) is 7.59. The van der Waals surface area contributed by atoms with Gasteiger partial charge in [0.1, 0.15) is 5.82 Å². The van der Waals surface area contributed by atoms with Crippen molar-refractivity contribution >= 4 is 29.1 Å². The molecular weight excluding hydrogens is 323 g/mol. The topological polar surface area (TPSA) is 69.6 Å². The Balaban J connectivity index is 1.98. The van der Waals surface area contributed by atoms with E-state index in [0.717, 1.165) is 0 Å². The third kappa shape index (κ3) is 4.42. The maximum Gasteiger partial charge on any atom is 0.227 e. The molecule has 0 aromatic heterocycles. The van der Waals surface area contributed by atoms with Crippen LogP contribution >= 0.6 is 11.6 Å². The Morgan fingerprint density at radius 3 is 2.96 bits per heavy atom. The Bertz CT molecular complexity index is 597. The number of hydrogen-bond donors (Lipinski definition) is 2. The average molecular weight is 343 g/mol. The largest absolute Gasteiger partial charge is 0.396 e. The molecule has 0 unspecified atom stereocenters. The number of hydrogen-bond acceptors (Lipinski definition) is 3. The van der Waals surface area contributed by atoms with Gasteiger partial charge in [-0.05, 0) is 38.0 Å². The quantitative estimate of drug-likeness (QED) is 0.832. The van der Waals surface area contributed by atoms with Crippen LogP contribution in [0.5, 0.6) is 0 Å². The van der Waals surface area contributed by atoms with Gasteiger partial charge in [0.15, 0.2) is 0 Å². The Hall–Kier alpha value is -1.66. The predicted octanol–water partition coefficient (Wildman–Crippen LogP) is 2.11. The van der Waals surface area contributed by atoms with E-state index in [2.05, 4.69) is 5.32 Å². The molecule has 126 valence electrons. The molecule has 1 saturated heterocycles. The van der Waals surface area contributed by atoms with Gasteiger partial charge < -0.3 is 15.3 Å². The van der Waals surface area contributed by atoms with Crippen molar-refractivity contribution in [2.75, 3.05) is 18.1 Å². The molecule has 1 heterocycles. The minimum absolute atomic E-state index is 0.00704. The highest BCUT2D eigenvalue weighted by molar-refractivity contribution is 6.30. The van der Waals surface area contributed by atoms with E-state index in [1.807, 2.05) is 6.92 Å². The number of carbonyl (C=O) groups is 2. The van der Waals surface area contributed by atoms with E-state index < -0.39 is 11.7 Å². The average Bonchev–Trinajstić information content (AvgIpc) is 2.90. The van der Waals surface area contributed by atoms with Gasteiger partial charge in [-0.25, -0.2) is 4.39 Å². The summed E-state index contributed by atoms with van der Waals surface area (Å²) in [4.78, 5) is 25.7. The van der Waals surface area contributed by atoms with Crippen molar-refractivity contribution in [3.63, 3.8) is 0 Å². The molecule has 23 heavy (non-hydrogen) atoms. The third-order valence-corrected chi connectivity index (χ3v) is 4.20. The van der Waals surface area contributed by atoms with Crippen molar-refractivity contribution in [2.24, 2.45) is 5.92 Å². The molecule has 7 heteroatoms. The molecule has 0 radical (unpaired) electrons. The van der Waals surface area contributed by atoms with E-state index in [4.69, 9.17) is 16.7 Å². The molecule has 1 fully saturated rings. The minimum atomic E-state index is -0.595. The fourth-order valence-corrected chi connectivity index (χ4v) is 2.73. The fraction of sp³-hybridized carbons (Fsp3) is 0.500. The molecule has 1 aromatic carbocycles. The van der Waals surface area contributed by atoms with E-state index in [-0.39, 0.29) is 42.5 Å². The zero-order valence-corrected chi connectivity index (χ0v) is 13.6. The van der Waals surface area contributed by atoms with E-state index in [0.29, 0.717) is 18.5 Å². The van der Waals surface area contributed by atoms with Gasteiger partial charge in [0.25, 0.3) is 0 Å². The SMILES string of the molecule is C[C@H](CCCO)NC(=O)[C@H]1CC(=O)N(c2ccc(Cl)c(F)c2)C1. The molecular formula is C16H20ClFN2O3. The normalized spacial score (nSPS) is 19.0. The molecule has 2 N–H and O–H groups in total. The van der Waals surface area contributed by atoms with Crippen LogP contribution in [0.15, 0.2) is 18.2 Å². The van der Waals surface area contributed by atoms with Gasteiger partial charge in [0, 0.05) is 31.3 Å². The van der Waals surface area contributed by atoms with Gasteiger partial charge in [0.2, 0.25) is 11.8 Å². The van der Waals surface area contributed by atoms with E-state index in [1.54, 1.807) is 6.07 Å². The molecule has 0 aliphatic carbocycles. The lowest BCUT2D eigenvalue weighted by Crippen LogP contribution is -2.38. The van der Waals surface area contributed by atoms with Crippen LogP contribution in [-0.2, 0) is 9.59 Å². The third-order valence-electron chi connectivity index (χ3n) is 3.89. The molecule has 1 aromatic rings. The van der Waals surface area contributed by atoms with Crippen LogP contribution in [0, 0.1) is 11.7 Å². The molecule has 0 saturated carbocycles. The summed E-state index contributed by atoms with van der Waals surface area (Å²) in [6.07, 6.45) is 1.39. The second kappa shape index (κ2) is 7.75. The highest BCUT2D eigenvalue weighted by Gasteiger charge is 2.35. The number of anilines is 1. The first kappa shape index (κ1) is 17.7. The van der Waals surface area contributed by atoms with Crippen LogP contribution in [-0.4, -0.2) is 36.1 Å². The Kier molecular flexibility index (Phi) is 5.96. The van der Waals surface area contributed by atoms with E-state index >= 15 is 0 Å². The van der Waals surface area contributed by atoms with Gasteiger partial charge in [-0.15, -0.1) is 0 Å². The zero-order chi connectivity index (χ0) is 17.0. The Morgan fingerprint density at radius 1 is 1.57 bits per heavy atom. The minimum Gasteiger partial charge on any atom is -0.396 e. The van der Waals surface area contributed by atoms with Crippen LogP contribution in [0.3, 0.4) is 0 Å². The summed E-state index contributed by atoms with van der Waals surface area (Å²) in [7, 11) is 0. The Morgan fingerprint density at radius 2 is 2.30 bits per heavy atom. The van der Waals surface area contributed by atoms with Gasteiger partial charge in [-0.3, -0.25) is 9.59 Å². The van der Waals surface area contributed by atoms with Gasteiger partial charge in [-0.1, -0.05) is 11.6 Å². The highest BCUT2D eigenvalue weighted by atomic mass is 35.5. The molecule has 5 nitrogen and oxygen atoms in total. The lowest BCUT2D eigenvalue weighted by Gasteiger charge is -2.18. The molecule has 2 amide bonds. The van der Waals surface area contributed by atoms with Crippen LogP contribution in [0.25, 0.3) is 0 Å². The highest BCUT2D eigenvalue weighted by Crippen LogP contribution is 2.28. The first-order chi connectivity index (χ1) is 10.9. The van der Waals surface area contributed by atoms with Crippen molar-refractivity contribution in [1.29, 1.82) is 0 Å². The summed E-state index contributed by atoms with van der Waals surface area (Å²) in [5.74, 6) is -1.46. The van der Waals surface area contributed by atoms with Crippen molar-refractivity contribution in [1.82, 2.24) is 5.32 Å². The number of nitrogens with zero attached hydrogens (tertiary/aromatic N) is 1. The van der Waals surface area contributed by atoms with Crippen molar-refractivity contribution in [3.8, 4) is 0 Å². The predicted molar refractivity (Wildman–Crippen MR) is 85.8 cm³/mol. The number of aliphatic hydroxyl groups excluding tert-OH is 1. The van der Waals surface area contributed by atoms with Crippen LogP contribution < -0.4 is 10.2 Å². The number of halogens is 2. The number of aliphatic hydroxyl groups is 1. The first-order valence-corrected chi connectivity index (χ1v) is 7.96. The molecule has 1 aliphatic rings. The molecule has 1 aliphatic heterocycles. The van der Waals surface area contributed by atoms with Crippen LogP contribution in [0.2, 0.25) is 5.02 Å². The zero-order valence-electron chi connectivity index (χ0n) is 12.9.